The Balaban J connectivity index is 2.02. The Morgan fingerprint density at radius 3 is 2.90 bits per heavy atom. The lowest BCUT2D eigenvalue weighted by Gasteiger charge is -2.01. The van der Waals surface area contributed by atoms with Gasteiger partial charge in [-0.15, -0.1) is 0 Å². The SMILES string of the molecule is Cn1cc(NC(=O)c2ccc(C#CCCO)cn2)cn1. The highest BCUT2D eigenvalue weighted by atomic mass is 16.2. The summed E-state index contributed by atoms with van der Waals surface area (Å²) in [5, 5.41) is 15.3. The summed E-state index contributed by atoms with van der Waals surface area (Å²) < 4.78 is 1.60. The van der Waals surface area contributed by atoms with Crippen LogP contribution in [0.15, 0.2) is 30.7 Å². The molecular formula is C14H14N4O2. The van der Waals surface area contributed by atoms with Crippen molar-refractivity contribution in [3.8, 4) is 11.8 Å². The molecule has 0 saturated heterocycles. The molecule has 20 heavy (non-hydrogen) atoms. The van der Waals surface area contributed by atoms with Crippen molar-refractivity contribution in [2.24, 2.45) is 7.05 Å². The molecule has 2 aromatic heterocycles. The van der Waals surface area contributed by atoms with Crippen LogP contribution in [0.4, 0.5) is 5.69 Å². The third kappa shape index (κ3) is 3.67. The van der Waals surface area contributed by atoms with Crippen LogP contribution in [-0.4, -0.2) is 32.4 Å². The molecule has 0 aliphatic heterocycles. The second-order valence-corrected chi connectivity index (χ2v) is 4.06. The molecule has 2 rings (SSSR count). The molecule has 0 atom stereocenters. The van der Waals surface area contributed by atoms with E-state index in [1.165, 1.54) is 6.20 Å². The van der Waals surface area contributed by atoms with Crippen LogP contribution in [0.25, 0.3) is 0 Å². The largest absolute Gasteiger partial charge is 0.395 e. The fourth-order valence-electron chi connectivity index (χ4n) is 1.50. The first-order valence-corrected chi connectivity index (χ1v) is 6.05. The number of nitrogens with zero attached hydrogens (tertiary/aromatic N) is 3. The van der Waals surface area contributed by atoms with Gasteiger partial charge in [-0.3, -0.25) is 9.48 Å². The van der Waals surface area contributed by atoms with Gasteiger partial charge >= 0.3 is 0 Å². The van der Waals surface area contributed by atoms with Gasteiger partial charge in [-0.1, -0.05) is 11.8 Å². The molecule has 2 aromatic rings. The van der Waals surface area contributed by atoms with Gasteiger partial charge in [0.05, 0.1) is 18.5 Å². The van der Waals surface area contributed by atoms with Gasteiger partial charge < -0.3 is 10.4 Å². The Hall–Kier alpha value is -2.65. The van der Waals surface area contributed by atoms with Gasteiger partial charge in [-0.05, 0) is 12.1 Å². The molecule has 0 aliphatic rings. The van der Waals surface area contributed by atoms with Crippen LogP contribution in [-0.2, 0) is 7.05 Å². The van der Waals surface area contributed by atoms with Crippen LogP contribution in [0.3, 0.4) is 0 Å². The van der Waals surface area contributed by atoms with Crippen molar-refractivity contribution < 1.29 is 9.90 Å². The molecule has 0 unspecified atom stereocenters. The third-order valence-electron chi connectivity index (χ3n) is 2.43. The van der Waals surface area contributed by atoms with Gasteiger partial charge in [0, 0.05) is 31.4 Å². The lowest BCUT2D eigenvalue weighted by Crippen LogP contribution is -2.13. The number of anilines is 1. The summed E-state index contributed by atoms with van der Waals surface area (Å²) in [5.41, 5.74) is 1.63. The van der Waals surface area contributed by atoms with E-state index in [9.17, 15) is 4.79 Å². The zero-order valence-electron chi connectivity index (χ0n) is 11.0. The highest BCUT2D eigenvalue weighted by Gasteiger charge is 2.08. The predicted molar refractivity (Wildman–Crippen MR) is 74.0 cm³/mol. The van der Waals surface area contributed by atoms with Crippen molar-refractivity contribution in [3.63, 3.8) is 0 Å². The number of aromatic nitrogens is 3. The van der Waals surface area contributed by atoms with E-state index in [1.54, 1.807) is 36.3 Å². The summed E-state index contributed by atoms with van der Waals surface area (Å²) in [6.07, 6.45) is 5.21. The monoisotopic (exact) mass is 270 g/mol. The zero-order chi connectivity index (χ0) is 14.4. The molecule has 6 heteroatoms. The molecule has 0 bridgehead atoms. The summed E-state index contributed by atoms with van der Waals surface area (Å²) in [6, 6.07) is 3.32. The van der Waals surface area contributed by atoms with E-state index in [1.807, 2.05) is 0 Å². The van der Waals surface area contributed by atoms with Crippen LogP contribution >= 0.6 is 0 Å². The lowest BCUT2D eigenvalue weighted by atomic mass is 10.2. The Morgan fingerprint density at radius 2 is 2.30 bits per heavy atom. The first-order valence-electron chi connectivity index (χ1n) is 6.05. The van der Waals surface area contributed by atoms with Gasteiger partial charge in [-0.2, -0.15) is 5.10 Å². The molecule has 1 amide bonds. The number of aliphatic hydroxyl groups excluding tert-OH is 1. The van der Waals surface area contributed by atoms with Gasteiger partial charge in [0.25, 0.3) is 5.91 Å². The zero-order valence-corrected chi connectivity index (χ0v) is 11.0. The summed E-state index contributed by atoms with van der Waals surface area (Å²) >= 11 is 0. The van der Waals surface area contributed by atoms with E-state index in [4.69, 9.17) is 5.11 Å². The van der Waals surface area contributed by atoms with E-state index in [2.05, 4.69) is 27.2 Å². The molecule has 0 fully saturated rings. The third-order valence-corrected chi connectivity index (χ3v) is 2.43. The summed E-state index contributed by atoms with van der Waals surface area (Å²) in [7, 11) is 1.77. The van der Waals surface area contributed by atoms with Crippen LogP contribution in [0.1, 0.15) is 22.5 Å². The van der Waals surface area contributed by atoms with E-state index in [0.29, 0.717) is 23.4 Å². The molecule has 0 aliphatic carbocycles. The maximum Gasteiger partial charge on any atom is 0.274 e. The topological polar surface area (TPSA) is 80.0 Å². The minimum Gasteiger partial charge on any atom is -0.395 e. The number of pyridine rings is 1. The van der Waals surface area contributed by atoms with Crippen molar-refractivity contribution >= 4 is 11.6 Å². The number of hydrogen-bond acceptors (Lipinski definition) is 4. The Bertz CT molecular complexity index is 650. The highest BCUT2D eigenvalue weighted by Crippen LogP contribution is 2.06. The first-order chi connectivity index (χ1) is 9.69. The second kappa shape index (κ2) is 6.50. The number of rotatable bonds is 3. The Morgan fingerprint density at radius 1 is 1.45 bits per heavy atom. The maximum absolute atomic E-state index is 11.9. The average Bonchev–Trinajstić information content (AvgIpc) is 2.85. The number of aryl methyl sites for hydroxylation is 1. The summed E-state index contributed by atoms with van der Waals surface area (Å²) in [6.45, 7) is 0.0338. The number of carbonyl (C=O) groups is 1. The van der Waals surface area contributed by atoms with Crippen LogP contribution in [0, 0.1) is 11.8 Å². The average molecular weight is 270 g/mol. The van der Waals surface area contributed by atoms with Crippen LogP contribution in [0.5, 0.6) is 0 Å². The molecule has 2 N–H and O–H groups in total. The Kier molecular flexibility index (Phi) is 4.47. The van der Waals surface area contributed by atoms with Gasteiger partial charge in [0.2, 0.25) is 0 Å². The molecule has 0 radical (unpaired) electrons. The molecule has 0 aromatic carbocycles. The van der Waals surface area contributed by atoms with E-state index in [-0.39, 0.29) is 12.5 Å². The number of hydrogen-bond donors (Lipinski definition) is 2. The number of carbonyl (C=O) groups excluding carboxylic acids is 1. The Labute approximate surface area is 116 Å². The van der Waals surface area contributed by atoms with Crippen molar-refractivity contribution in [2.75, 3.05) is 11.9 Å². The van der Waals surface area contributed by atoms with Crippen molar-refractivity contribution in [2.45, 2.75) is 6.42 Å². The van der Waals surface area contributed by atoms with E-state index >= 15 is 0 Å². The van der Waals surface area contributed by atoms with E-state index < -0.39 is 0 Å². The van der Waals surface area contributed by atoms with Crippen molar-refractivity contribution in [1.82, 2.24) is 14.8 Å². The van der Waals surface area contributed by atoms with Gasteiger partial charge in [0.15, 0.2) is 0 Å². The fourth-order valence-corrected chi connectivity index (χ4v) is 1.50. The summed E-state index contributed by atoms with van der Waals surface area (Å²) in [4.78, 5) is 16.0. The molecule has 0 saturated carbocycles. The smallest absolute Gasteiger partial charge is 0.274 e. The number of amides is 1. The first kappa shape index (κ1) is 13.8. The van der Waals surface area contributed by atoms with Crippen LogP contribution < -0.4 is 5.32 Å². The minimum atomic E-state index is -0.298. The molecule has 102 valence electrons. The van der Waals surface area contributed by atoms with Crippen molar-refractivity contribution in [3.05, 3.63) is 42.0 Å². The number of nitrogens with one attached hydrogen (secondary N) is 1. The molecule has 0 spiro atoms. The molecule has 6 nitrogen and oxygen atoms in total. The van der Waals surface area contributed by atoms with E-state index in [0.717, 1.165) is 0 Å². The predicted octanol–water partition coefficient (Wildman–Crippen LogP) is 0.801. The summed E-state index contributed by atoms with van der Waals surface area (Å²) in [5.74, 6) is 5.34. The fraction of sp³-hybridized carbons (Fsp3) is 0.214. The maximum atomic E-state index is 11.9. The van der Waals surface area contributed by atoms with Crippen molar-refractivity contribution in [1.29, 1.82) is 0 Å². The van der Waals surface area contributed by atoms with Crippen LogP contribution in [0.2, 0.25) is 0 Å². The minimum absolute atomic E-state index is 0.0338. The lowest BCUT2D eigenvalue weighted by molar-refractivity contribution is 0.102. The van der Waals surface area contributed by atoms with Gasteiger partial charge in [-0.25, -0.2) is 4.98 Å². The second-order valence-electron chi connectivity index (χ2n) is 4.06. The normalized spacial score (nSPS) is 9.70. The number of aliphatic hydroxyl groups is 1. The molecule has 2 heterocycles. The standard InChI is InChI=1S/C14H14N4O2/c1-18-10-12(9-16-18)17-14(20)13-6-5-11(8-15-13)4-2-3-7-19/h5-6,8-10,19H,3,7H2,1H3,(H,17,20). The quantitative estimate of drug-likeness (QED) is 0.808. The molecular weight excluding hydrogens is 256 g/mol. The van der Waals surface area contributed by atoms with Gasteiger partial charge in [0.1, 0.15) is 5.69 Å². The highest BCUT2D eigenvalue weighted by molar-refractivity contribution is 6.02.